The van der Waals surface area contributed by atoms with Crippen molar-refractivity contribution in [2.45, 2.75) is 6.92 Å². The molecule has 0 atom stereocenters. The van der Waals surface area contributed by atoms with Gasteiger partial charge in [0.05, 0.1) is 11.4 Å². The van der Waals surface area contributed by atoms with Crippen molar-refractivity contribution >= 4 is 5.78 Å². The van der Waals surface area contributed by atoms with Crippen molar-refractivity contribution in [2.24, 2.45) is 0 Å². The van der Waals surface area contributed by atoms with Crippen molar-refractivity contribution in [1.29, 1.82) is 0 Å². The van der Waals surface area contributed by atoms with E-state index in [4.69, 9.17) is 0 Å². The van der Waals surface area contributed by atoms with E-state index in [1.165, 1.54) is 5.56 Å². The Hall–Kier alpha value is -3.08. The molecule has 0 unspecified atom stereocenters. The van der Waals surface area contributed by atoms with Crippen LogP contribution in [0.5, 0.6) is 0 Å². The maximum atomic E-state index is 4.59. The SMILES string of the molecule is Cc1ccc(-c2nc3nccc(-c4ccccn4)n3n2)cc1. The third kappa shape index (κ3) is 2.13. The van der Waals surface area contributed by atoms with Gasteiger partial charge in [-0.1, -0.05) is 35.9 Å². The minimum Gasteiger partial charge on any atom is -0.255 e. The van der Waals surface area contributed by atoms with E-state index in [0.29, 0.717) is 11.6 Å². The summed E-state index contributed by atoms with van der Waals surface area (Å²) in [5.74, 6) is 1.23. The van der Waals surface area contributed by atoms with Crippen LogP contribution in [0.25, 0.3) is 28.6 Å². The Bertz CT molecular complexity index is 926. The van der Waals surface area contributed by atoms with Gasteiger partial charge in [-0.2, -0.15) is 9.50 Å². The standard InChI is InChI=1S/C17H13N5/c1-12-5-7-13(8-6-12)16-20-17-19-11-9-15(22(17)21-16)14-4-2-3-10-18-14/h2-11H,1H3. The second kappa shape index (κ2) is 5.04. The lowest BCUT2D eigenvalue weighted by atomic mass is 10.1. The molecule has 4 aromatic rings. The van der Waals surface area contributed by atoms with E-state index >= 15 is 0 Å². The van der Waals surface area contributed by atoms with Crippen LogP contribution >= 0.6 is 0 Å². The van der Waals surface area contributed by atoms with Crippen LogP contribution in [0.4, 0.5) is 0 Å². The highest BCUT2D eigenvalue weighted by molar-refractivity contribution is 5.61. The van der Waals surface area contributed by atoms with Gasteiger partial charge in [0.1, 0.15) is 0 Å². The summed E-state index contributed by atoms with van der Waals surface area (Å²) in [6, 6.07) is 15.8. The largest absolute Gasteiger partial charge is 0.255 e. The Balaban J connectivity index is 1.89. The van der Waals surface area contributed by atoms with Gasteiger partial charge in [0.15, 0.2) is 5.82 Å². The molecule has 0 amide bonds. The molecule has 5 nitrogen and oxygen atoms in total. The van der Waals surface area contributed by atoms with Crippen LogP contribution < -0.4 is 0 Å². The number of hydrogen-bond donors (Lipinski definition) is 0. The van der Waals surface area contributed by atoms with Crippen LogP contribution in [0.15, 0.2) is 60.9 Å². The fourth-order valence-corrected chi connectivity index (χ4v) is 2.33. The van der Waals surface area contributed by atoms with Crippen LogP contribution in [0.2, 0.25) is 0 Å². The van der Waals surface area contributed by atoms with Crippen molar-refractivity contribution in [2.75, 3.05) is 0 Å². The number of aryl methyl sites for hydroxylation is 1. The third-order valence-corrected chi connectivity index (χ3v) is 3.48. The molecule has 0 fully saturated rings. The molecule has 0 bridgehead atoms. The number of pyridine rings is 1. The Kier molecular flexibility index (Phi) is 2.89. The fraction of sp³-hybridized carbons (Fsp3) is 0.0588. The Morgan fingerprint density at radius 3 is 2.50 bits per heavy atom. The normalized spacial score (nSPS) is 11.0. The zero-order valence-electron chi connectivity index (χ0n) is 12.0. The summed E-state index contributed by atoms with van der Waals surface area (Å²) in [5.41, 5.74) is 3.90. The van der Waals surface area contributed by atoms with Crippen LogP contribution in [0.3, 0.4) is 0 Å². The molecule has 0 aliphatic carbocycles. The van der Waals surface area contributed by atoms with E-state index in [0.717, 1.165) is 17.0 Å². The molecular weight excluding hydrogens is 274 g/mol. The van der Waals surface area contributed by atoms with Gasteiger partial charge in [0.25, 0.3) is 5.78 Å². The molecular formula is C17H13N5. The van der Waals surface area contributed by atoms with Gasteiger partial charge in [0.2, 0.25) is 0 Å². The minimum atomic E-state index is 0.568. The molecule has 4 rings (SSSR count). The highest BCUT2D eigenvalue weighted by Gasteiger charge is 2.11. The molecule has 5 heteroatoms. The molecule has 3 aromatic heterocycles. The summed E-state index contributed by atoms with van der Waals surface area (Å²) in [5, 5.41) is 4.59. The van der Waals surface area contributed by atoms with E-state index in [1.54, 1.807) is 16.9 Å². The maximum Gasteiger partial charge on any atom is 0.253 e. The fourth-order valence-electron chi connectivity index (χ4n) is 2.33. The van der Waals surface area contributed by atoms with E-state index in [2.05, 4.69) is 27.0 Å². The van der Waals surface area contributed by atoms with Crippen LogP contribution in [-0.2, 0) is 0 Å². The number of hydrogen-bond acceptors (Lipinski definition) is 4. The summed E-state index contributed by atoms with van der Waals surface area (Å²) in [6.07, 6.45) is 3.49. The third-order valence-electron chi connectivity index (χ3n) is 3.48. The van der Waals surface area contributed by atoms with Crippen LogP contribution in [-0.4, -0.2) is 24.6 Å². The number of benzene rings is 1. The number of rotatable bonds is 2. The molecule has 3 heterocycles. The number of fused-ring (bicyclic) bond motifs is 1. The Morgan fingerprint density at radius 1 is 0.864 bits per heavy atom. The van der Waals surface area contributed by atoms with Gasteiger partial charge >= 0.3 is 0 Å². The van der Waals surface area contributed by atoms with Crippen LogP contribution in [0.1, 0.15) is 5.56 Å². The van der Waals surface area contributed by atoms with Gasteiger partial charge < -0.3 is 0 Å². The first-order valence-electron chi connectivity index (χ1n) is 7.01. The van der Waals surface area contributed by atoms with Gasteiger partial charge in [0, 0.05) is 18.0 Å². The van der Waals surface area contributed by atoms with Crippen LogP contribution in [0, 0.1) is 6.92 Å². The van der Waals surface area contributed by atoms with Gasteiger partial charge in [-0.05, 0) is 25.1 Å². The smallest absolute Gasteiger partial charge is 0.253 e. The molecule has 106 valence electrons. The van der Waals surface area contributed by atoms with E-state index in [-0.39, 0.29) is 0 Å². The average Bonchev–Trinajstić information content (AvgIpc) is 3.00. The van der Waals surface area contributed by atoms with Gasteiger partial charge in [-0.15, -0.1) is 5.10 Å². The summed E-state index contributed by atoms with van der Waals surface area (Å²) in [4.78, 5) is 13.2. The zero-order valence-corrected chi connectivity index (χ0v) is 12.0. The monoisotopic (exact) mass is 287 g/mol. The second-order valence-corrected chi connectivity index (χ2v) is 5.06. The summed E-state index contributed by atoms with van der Waals surface area (Å²) in [7, 11) is 0. The summed E-state index contributed by atoms with van der Waals surface area (Å²) < 4.78 is 1.73. The lowest BCUT2D eigenvalue weighted by Crippen LogP contribution is -1.97. The second-order valence-electron chi connectivity index (χ2n) is 5.06. The predicted octanol–water partition coefficient (Wildman–Crippen LogP) is 3.16. The molecule has 22 heavy (non-hydrogen) atoms. The van der Waals surface area contributed by atoms with Crippen molar-refractivity contribution in [1.82, 2.24) is 24.6 Å². The molecule has 0 N–H and O–H groups in total. The molecule has 0 aliphatic heterocycles. The Morgan fingerprint density at radius 2 is 1.73 bits per heavy atom. The maximum absolute atomic E-state index is 4.59. The average molecular weight is 287 g/mol. The highest BCUT2D eigenvalue weighted by Crippen LogP contribution is 2.20. The van der Waals surface area contributed by atoms with E-state index in [9.17, 15) is 0 Å². The first kappa shape index (κ1) is 12.6. The van der Waals surface area contributed by atoms with Gasteiger partial charge in [-0.3, -0.25) is 4.98 Å². The highest BCUT2D eigenvalue weighted by atomic mass is 15.3. The lowest BCUT2D eigenvalue weighted by Gasteiger charge is -2.01. The summed E-state index contributed by atoms with van der Waals surface area (Å²) >= 11 is 0. The summed E-state index contributed by atoms with van der Waals surface area (Å²) in [6.45, 7) is 2.06. The quantitative estimate of drug-likeness (QED) is 0.568. The van der Waals surface area contributed by atoms with E-state index < -0.39 is 0 Å². The molecule has 0 radical (unpaired) electrons. The Labute approximate surface area is 127 Å². The number of nitrogens with zero attached hydrogens (tertiary/aromatic N) is 5. The molecule has 0 saturated heterocycles. The molecule has 0 spiro atoms. The predicted molar refractivity (Wildman–Crippen MR) is 84.2 cm³/mol. The van der Waals surface area contributed by atoms with Crippen molar-refractivity contribution in [3.05, 3.63) is 66.5 Å². The number of aromatic nitrogens is 5. The first-order valence-corrected chi connectivity index (χ1v) is 7.01. The van der Waals surface area contributed by atoms with Crippen molar-refractivity contribution < 1.29 is 0 Å². The van der Waals surface area contributed by atoms with Gasteiger partial charge in [-0.25, -0.2) is 4.98 Å². The topological polar surface area (TPSA) is 56.0 Å². The lowest BCUT2D eigenvalue weighted by molar-refractivity contribution is 0.945. The molecule has 0 aliphatic rings. The van der Waals surface area contributed by atoms with Crippen molar-refractivity contribution in [3.8, 4) is 22.8 Å². The first-order chi connectivity index (χ1) is 10.8. The van der Waals surface area contributed by atoms with E-state index in [1.807, 2.05) is 48.5 Å². The molecule has 0 saturated carbocycles. The zero-order chi connectivity index (χ0) is 14.9. The van der Waals surface area contributed by atoms with Crippen molar-refractivity contribution in [3.63, 3.8) is 0 Å². The molecule has 1 aromatic carbocycles. The minimum absolute atomic E-state index is 0.568.